The number of nitrogens with two attached hydrogens (primary N) is 1. The third kappa shape index (κ3) is 4.14. The Balaban J connectivity index is 1.64. The quantitative estimate of drug-likeness (QED) is 0.171. The number of rotatable bonds is 8. The normalized spacial score (nSPS) is 11.0. The zero-order chi connectivity index (χ0) is 20.9. The largest absolute Gasteiger partial charge is 0.495 e. The molecule has 4 N–H and O–H groups in total. The molecule has 0 saturated carbocycles. The molecule has 154 valence electrons. The number of ether oxygens (including phenoxy) is 1. The highest BCUT2D eigenvalue weighted by Gasteiger charge is 2.19. The van der Waals surface area contributed by atoms with Crippen molar-refractivity contribution in [3.05, 3.63) is 60.2 Å². The topological polar surface area (TPSA) is 124 Å². The van der Waals surface area contributed by atoms with Gasteiger partial charge in [-0.3, -0.25) is 14.8 Å². The van der Waals surface area contributed by atoms with Gasteiger partial charge in [-0.2, -0.15) is 0 Å². The van der Waals surface area contributed by atoms with Crippen LogP contribution in [0.3, 0.4) is 0 Å². The lowest BCUT2D eigenvalue weighted by Crippen LogP contribution is -2.31. The fraction of sp³-hybridized carbons (Fsp3) is 0.200. The van der Waals surface area contributed by atoms with Gasteiger partial charge in [0.25, 0.3) is 0 Å². The summed E-state index contributed by atoms with van der Waals surface area (Å²) in [6, 6.07) is 15.5. The smallest absolute Gasteiger partial charge is 0.244 e. The second-order valence-electron chi connectivity index (χ2n) is 6.46. The van der Waals surface area contributed by atoms with Crippen LogP contribution in [0, 0.1) is 0 Å². The molecule has 1 amide bonds. The van der Waals surface area contributed by atoms with Crippen molar-refractivity contribution in [1.29, 1.82) is 0 Å². The van der Waals surface area contributed by atoms with Crippen LogP contribution in [-0.4, -0.2) is 43.5 Å². The van der Waals surface area contributed by atoms with Gasteiger partial charge in [-0.05, 0) is 24.3 Å². The predicted octanol–water partition coefficient (Wildman–Crippen LogP) is 2.02. The van der Waals surface area contributed by atoms with Gasteiger partial charge in [-0.15, -0.1) is 10.2 Å². The molecular formula is C20H21N7O2S. The number of hydrazine groups is 1. The zero-order valence-electron chi connectivity index (χ0n) is 16.3. The molecule has 0 unspecified atom stereocenters. The van der Waals surface area contributed by atoms with Crippen LogP contribution >= 0.6 is 11.8 Å². The van der Waals surface area contributed by atoms with Crippen LogP contribution in [0.25, 0.3) is 16.7 Å². The first-order valence-electron chi connectivity index (χ1n) is 9.33. The van der Waals surface area contributed by atoms with Crippen LogP contribution in [0.5, 0.6) is 5.75 Å². The van der Waals surface area contributed by atoms with Crippen molar-refractivity contribution < 1.29 is 9.53 Å². The van der Waals surface area contributed by atoms with E-state index < -0.39 is 0 Å². The monoisotopic (exact) mass is 423 g/mol. The number of hydrogen-bond donors (Lipinski definition) is 3. The molecule has 30 heavy (non-hydrogen) atoms. The van der Waals surface area contributed by atoms with Gasteiger partial charge in [-0.25, -0.2) is 10.8 Å². The number of fused-ring (bicyclic) bond motifs is 1. The zero-order valence-corrected chi connectivity index (χ0v) is 17.1. The molecule has 2 heterocycles. The minimum atomic E-state index is -0.293. The Hall–Kier alpha value is -3.37. The van der Waals surface area contributed by atoms with E-state index in [1.165, 1.54) is 11.8 Å². The van der Waals surface area contributed by atoms with Gasteiger partial charge in [0, 0.05) is 12.8 Å². The summed E-state index contributed by atoms with van der Waals surface area (Å²) in [6.45, 7) is 0. The summed E-state index contributed by atoms with van der Waals surface area (Å²) < 4.78 is 7.44. The number of aryl methyl sites for hydroxylation is 2. The van der Waals surface area contributed by atoms with E-state index in [0.717, 1.165) is 28.4 Å². The molecule has 2 aromatic heterocycles. The Kier molecular flexibility index (Phi) is 5.96. The number of methoxy groups -OCH3 is 1. The lowest BCUT2D eigenvalue weighted by atomic mass is 10.2. The first-order chi connectivity index (χ1) is 14.7. The number of imidazole rings is 1. The average molecular weight is 424 g/mol. The summed E-state index contributed by atoms with van der Waals surface area (Å²) in [7, 11) is 1.62. The molecule has 0 bridgehead atoms. The molecule has 2 aromatic carbocycles. The van der Waals surface area contributed by atoms with Gasteiger partial charge < -0.3 is 9.72 Å². The van der Waals surface area contributed by atoms with Gasteiger partial charge in [0.2, 0.25) is 5.91 Å². The maximum atomic E-state index is 11.6. The van der Waals surface area contributed by atoms with Crippen molar-refractivity contribution in [2.75, 3.05) is 12.9 Å². The molecule has 0 atom stereocenters. The number of nitrogens with one attached hydrogen (secondary N) is 2. The van der Waals surface area contributed by atoms with Gasteiger partial charge in [-0.1, -0.05) is 36.0 Å². The highest BCUT2D eigenvalue weighted by atomic mass is 32.2. The van der Waals surface area contributed by atoms with Crippen molar-refractivity contribution in [2.45, 2.75) is 18.0 Å². The van der Waals surface area contributed by atoms with Crippen molar-refractivity contribution in [2.24, 2.45) is 5.84 Å². The van der Waals surface area contributed by atoms with Crippen molar-refractivity contribution in [3.8, 4) is 11.4 Å². The molecule has 4 aromatic rings. The van der Waals surface area contributed by atoms with Crippen LogP contribution in [0.15, 0.2) is 53.7 Å². The van der Waals surface area contributed by atoms with Gasteiger partial charge in [0.15, 0.2) is 5.16 Å². The van der Waals surface area contributed by atoms with E-state index in [-0.39, 0.29) is 11.7 Å². The minimum absolute atomic E-state index is 0.132. The number of aromatic amines is 1. The van der Waals surface area contributed by atoms with E-state index in [1.54, 1.807) is 7.11 Å². The third-order valence-corrected chi connectivity index (χ3v) is 5.47. The number of carbonyl (C=O) groups is 1. The fourth-order valence-electron chi connectivity index (χ4n) is 3.14. The summed E-state index contributed by atoms with van der Waals surface area (Å²) in [5.41, 5.74) is 4.87. The second-order valence-corrected chi connectivity index (χ2v) is 7.41. The molecule has 0 aliphatic heterocycles. The van der Waals surface area contributed by atoms with Crippen LogP contribution in [0.1, 0.15) is 11.6 Å². The Morgan fingerprint density at radius 3 is 2.77 bits per heavy atom. The number of aromatic nitrogens is 5. The lowest BCUT2D eigenvalue weighted by Gasteiger charge is -2.13. The standard InChI is InChI=1S/C20H21N7O2S/c1-29-16-9-5-4-8-15(16)27-18(25-26-20(27)30-12-19(28)24-21)11-10-17-22-13-6-2-3-7-14(13)23-17/h2-9H,10-12,21H2,1H3,(H,22,23)(H,24,28). The maximum absolute atomic E-state index is 11.6. The Morgan fingerprint density at radius 1 is 1.17 bits per heavy atom. The average Bonchev–Trinajstić information content (AvgIpc) is 3.39. The number of carbonyl (C=O) groups excluding carboxylic acids is 1. The molecule has 0 spiro atoms. The number of H-pyrrole nitrogens is 1. The molecule has 0 radical (unpaired) electrons. The minimum Gasteiger partial charge on any atom is -0.495 e. The summed E-state index contributed by atoms with van der Waals surface area (Å²) in [5.74, 6) is 7.34. The van der Waals surface area contributed by atoms with Gasteiger partial charge in [0.1, 0.15) is 17.4 Å². The van der Waals surface area contributed by atoms with Gasteiger partial charge in [0.05, 0.1) is 29.6 Å². The summed E-state index contributed by atoms with van der Waals surface area (Å²) >= 11 is 1.26. The van der Waals surface area contributed by atoms with Crippen LogP contribution < -0.4 is 16.0 Å². The molecule has 9 nitrogen and oxygen atoms in total. The SMILES string of the molecule is COc1ccccc1-n1c(CCc2nc3ccccc3[nH]2)nnc1SCC(=O)NN. The lowest BCUT2D eigenvalue weighted by molar-refractivity contribution is -0.118. The van der Waals surface area contributed by atoms with Crippen molar-refractivity contribution >= 4 is 28.7 Å². The van der Waals surface area contributed by atoms with Crippen molar-refractivity contribution in [3.63, 3.8) is 0 Å². The number of benzene rings is 2. The van der Waals surface area contributed by atoms with E-state index in [9.17, 15) is 4.79 Å². The fourth-order valence-corrected chi connectivity index (χ4v) is 3.91. The number of amides is 1. The number of hydrogen-bond acceptors (Lipinski definition) is 7. The van der Waals surface area contributed by atoms with E-state index in [2.05, 4.69) is 25.6 Å². The van der Waals surface area contributed by atoms with Crippen LogP contribution in [0.4, 0.5) is 0 Å². The molecule has 0 aliphatic carbocycles. The first kappa shape index (κ1) is 19.9. The molecule has 10 heteroatoms. The number of para-hydroxylation sites is 4. The second kappa shape index (κ2) is 8.97. The molecule has 0 fully saturated rings. The van der Waals surface area contributed by atoms with Crippen LogP contribution in [0.2, 0.25) is 0 Å². The number of nitrogens with zero attached hydrogens (tertiary/aromatic N) is 4. The molecule has 0 aliphatic rings. The predicted molar refractivity (Wildman–Crippen MR) is 114 cm³/mol. The molecule has 0 saturated heterocycles. The highest BCUT2D eigenvalue weighted by molar-refractivity contribution is 7.99. The van der Waals surface area contributed by atoms with Crippen LogP contribution in [-0.2, 0) is 17.6 Å². The summed E-state index contributed by atoms with van der Waals surface area (Å²) in [5, 5.41) is 9.26. The van der Waals surface area contributed by atoms with Gasteiger partial charge >= 0.3 is 0 Å². The van der Waals surface area contributed by atoms with E-state index in [4.69, 9.17) is 10.6 Å². The van der Waals surface area contributed by atoms with E-state index in [0.29, 0.717) is 23.7 Å². The number of thioether (sulfide) groups is 1. The summed E-state index contributed by atoms with van der Waals surface area (Å²) in [6.07, 6.45) is 1.27. The first-order valence-corrected chi connectivity index (χ1v) is 10.3. The highest BCUT2D eigenvalue weighted by Crippen LogP contribution is 2.29. The summed E-state index contributed by atoms with van der Waals surface area (Å²) in [4.78, 5) is 19.6. The maximum Gasteiger partial charge on any atom is 0.244 e. The van der Waals surface area contributed by atoms with Crippen molar-refractivity contribution in [1.82, 2.24) is 30.2 Å². The Morgan fingerprint density at radius 2 is 1.97 bits per heavy atom. The Bertz CT molecular complexity index is 1140. The Labute approximate surface area is 177 Å². The molecule has 4 rings (SSSR count). The molecular weight excluding hydrogens is 402 g/mol. The van der Waals surface area contributed by atoms with E-state index in [1.807, 2.05) is 53.1 Å². The third-order valence-electron chi connectivity index (χ3n) is 4.54. The van der Waals surface area contributed by atoms with E-state index >= 15 is 0 Å².